The number of methoxy groups -OCH3 is 1. The van der Waals surface area contributed by atoms with Crippen LogP contribution in [0.2, 0.25) is 0 Å². The number of hydrogen-bond acceptors (Lipinski definition) is 4. The van der Waals surface area contributed by atoms with Crippen molar-refractivity contribution in [2.75, 3.05) is 13.7 Å². The quantitative estimate of drug-likeness (QED) is 0.900. The van der Waals surface area contributed by atoms with Crippen LogP contribution in [0.5, 0.6) is 11.5 Å². The molecule has 2 unspecified atom stereocenters. The van der Waals surface area contributed by atoms with E-state index in [-0.39, 0.29) is 17.7 Å². The van der Waals surface area contributed by atoms with Gasteiger partial charge in [0.05, 0.1) is 18.8 Å². The summed E-state index contributed by atoms with van der Waals surface area (Å²) in [5.41, 5.74) is 6.93. The summed E-state index contributed by atoms with van der Waals surface area (Å²) >= 11 is 0. The topological polar surface area (TPSA) is 53.7 Å². The van der Waals surface area contributed by atoms with Crippen LogP contribution in [0, 0.1) is 0 Å². The summed E-state index contributed by atoms with van der Waals surface area (Å²) in [7, 11) is 1.65. The van der Waals surface area contributed by atoms with Crippen molar-refractivity contribution in [2.24, 2.45) is 5.73 Å². The highest BCUT2D eigenvalue weighted by atomic mass is 16.6. The summed E-state index contributed by atoms with van der Waals surface area (Å²) in [4.78, 5) is 0. The Balaban J connectivity index is 2.04. The fourth-order valence-electron chi connectivity index (χ4n) is 2.52. The van der Waals surface area contributed by atoms with Gasteiger partial charge in [0.15, 0.2) is 0 Å². The van der Waals surface area contributed by atoms with Crippen LogP contribution in [0.4, 0.5) is 0 Å². The van der Waals surface area contributed by atoms with Crippen molar-refractivity contribution in [1.82, 2.24) is 0 Å². The minimum Gasteiger partial charge on any atom is -0.497 e. The van der Waals surface area contributed by atoms with E-state index >= 15 is 0 Å². The predicted octanol–water partition coefficient (Wildman–Crippen LogP) is 3.05. The highest BCUT2D eigenvalue weighted by molar-refractivity contribution is 5.42. The Morgan fingerprint density at radius 2 is 2.20 bits per heavy atom. The highest BCUT2D eigenvalue weighted by Gasteiger charge is 2.32. The van der Waals surface area contributed by atoms with Crippen molar-refractivity contribution < 1.29 is 14.2 Å². The molecule has 1 aromatic rings. The molecule has 2 atom stereocenters. The first kappa shape index (κ1) is 15.1. The number of benzene rings is 1. The number of hydrogen-bond donors (Lipinski definition) is 1. The highest BCUT2D eigenvalue weighted by Crippen LogP contribution is 2.32. The van der Waals surface area contributed by atoms with Crippen LogP contribution >= 0.6 is 0 Å². The first-order valence-electron chi connectivity index (χ1n) is 7.15. The Labute approximate surface area is 121 Å². The number of rotatable bonds is 5. The van der Waals surface area contributed by atoms with Gasteiger partial charge in [-0.1, -0.05) is 6.07 Å². The van der Waals surface area contributed by atoms with Crippen molar-refractivity contribution in [1.29, 1.82) is 0 Å². The van der Waals surface area contributed by atoms with Gasteiger partial charge >= 0.3 is 0 Å². The molecule has 0 aromatic heterocycles. The third-order valence-corrected chi connectivity index (χ3v) is 3.69. The molecule has 112 valence electrons. The van der Waals surface area contributed by atoms with Crippen LogP contribution in [0.15, 0.2) is 18.2 Å². The lowest BCUT2D eigenvalue weighted by molar-refractivity contribution is -0.0328. The van der Waals surface area contributed by atoms with Crippen LogP contribution in [0.25, 0.3) is 0 Å². The maximum absolute atomic E-state index is 5.98. The Morgan fingerprint density at radius 3 is 2.75 bits per heavy atom. The van der Waals surface area contributed by atoms with Crippen molar-refractivity contribution in [3.05, 3.63) is 23.8 Å². The summed E-state index contributed by atoms with van der Waals surface area (Å²) in [6, 6.07) is 5.68. The molecule has 2 N–H and O–H groups in total. The van der Waals surface area contributed by atoms with Crippen molar-refractivity contribution in [3.63, 3.8) is 0 Å². The van der Waals surface area contributed by atoms with Crippen LogP contribution < -0.4 is 15.2 Å². The van der Waals surface area contributed by atoms with E-state index in [1.165, 1.54) is 0 Å². The molecule has 4 nitrogen and oxygen atoms in total. The maximum atomic E-state index is 5.98. The lowest BCUT2D eigenvalue weighted by Gasteiger charge is -2.21. The SMILES string of the molecule is COc1ccc(C(C)N)c(OCC2CCC(C)(C)O2)c1. The van der Waals surface area contributed by atoms with Gasteiger partial charge in [0.2, 0.25) is 0 Å². The molecule has 1 aliphatic rings. The van der Waals surface area contributed by atoms with Crippen LogP contribution in [0.3, 0.4) is 0 Å². The molecule has 20 heavy (non-hydrogen) atoms. The molecule has 1 aromatic carbocycles. The van der Waals surface area contributed by atoms with Gasteiger partial charge in [-0.15, -0.1) is 0 Å². The number of ether oxygens (including phenoxy) is 3. The zero-order valence-corrected chi connectivity index (χ0v) is 12.8. The summed E-state index contributed by atoms with van der Waals surface area (Å²) in [5, 5.41) is 0. The van der Waals surface area contributed by atoms with Gasteiger partial charge in [-0.2, -0.15) is 0 Å². The Bertz CT molecular complexity index is 457. The normalized spacial score (nSPS) is 22.6. The summed E-state index contributed by atoms with van der Waals surface area (Å²) in [5.74, 6) is 1.56. The van der Waals surface area contributed by atoms with Crippen molar-refractivity contribution in [3.8, 4) is 11.5 Å². The Kier molecular flexibility index (Phi) is 4.55. The third-order valence-electron chi connectivity index (χ3n) is 3.69. The van der Waals surface area contributed by atoms with E-state index in [4.69, 9.17) is 19.9 Å². The molecule has 1 fully saturated rings. The van der Waals surface area contributed by atoms with E-state index in [1.807, 2.05) is 25.1 Å². The molecular formula is C16H25NO3. The first-order valence-corrected chi connectivity index (χ1v) is 7.15. The predicted molar refractivity (Wildman–Crippen MR) is 79.3 cm³/mol. The molecule has 0 bridgehead atoms. The molecule has 0 spiro atoms. The molecule has 4 heteroatoms. The maximum Gasteiger partial charge on any atom is 0.127 e. The number of nitrogens with two attached hydrogens (primary N) is 1. The van der Waals surface area contributed by atoms with Gasteiger partial charge in [0, 0.05) is 17.7 Å². The van der Waals surface area contributed by atoms with E-state index < -0.39 is 0 Å². The molecule has 1 heterocycles. The molecule has 0 saturated carbocycles. The standard InChI is InChI=1S/C16H25NO3/c1-11(17)14-6-5-12(18-4)9-15(14)19-10-13-7-8-16(2,3)20-13/h5-6,9,11,13H,7-8,10,17H2,1-4H3. The Hall–Kier alpha value is -1.26. The third kappa shape index (κ3) is 3.64. The van der Waals surface area contributed by atoms with Gasteiger partial charge < -0.3 is 19.9 Å². The average Bonchev–Trinajstić information content (AvgIpc) is 2.75. The van der Waals surface area contributed by atoms with E-state index in [2.05, 4.69) is 13.8 Å². The average molecular weight is 279 g/mol. The minimum atomic E-state index is -0.0724. The van der Waals surface area contributed by atoms with Gasteiger partial charge in [0.1, 0.15) is 18.1 Å². The fourth-order valence-corrected chi connectivity index (χ4v) is 2.52. The van der Waals surface area contributed by atoms with E-state index in [0.29, 0.717) is 6.61 Å². The minimum absolute atomic E-state index is 0.0353. The summed E-state index contributed by atoms with van der Waals surface area (Å²) < 4.78 is 17.1. The van der Waals surface area contributed by atoms with Gasteiger partial charge in [-0.25, -0.2) is 0 Å². The molecule has 0 radical (unpaired) electrons. The lowest BCUT2D eigenvalue weighted by Crippen LogP contribution is -2.24. The second-order valence-corrected chi connectivity index (χ2v) is 6.04. The monoisotopic (exact) mass is 279 g/mol. The van der Waals surface area contributed by atoms with Crippen molar-refractivity contribution >= 4 is 0 Å². The van der Waals surface area contributed by atoms with Crippen LogP contribution in [0.1, 0.15) is 45.2 Å². The zero-order valence-electron chi connectivity index (χ0n) is 12.8. The van der Waals surface area contributed by atoms with E-state index in [1.54, 1.807) is 7.11 Å². The lowest BCUT2D eigenvalue weighted by atomic mass is 10.1. The second-order valence-electron chi connectivity index (χ2n) is 6.04. The largest absolute Gasteiger partial charge is 0.497 e. The Morgan fingerprint density at radius 1 is 1.45 bits per heavy atom. The van der Waals surface area contributed by atoms with Gasteiger partial charge in [0.25, 0.3) is 0 Å². The molecule has 0 amide bonds. The van der Waals surface area contributed by atoms with Gasteiger partial charge in [-0.3, -0.25) is 0 Å². The van der Waals surface area contributed by atoms with E-state index in [0.717, 1.165) is 29.9 Å². The van der Waals surface area contributed by atoms with Gasteiger partial charge in [-0.05, 0) is 39.7 Å². The summed E-state index contributed by atoms with van der Waals surface area (Å²) in [6.45, 7) is 6.73. The molecule has 1 saturated heterocycles. The second kappa shape index (κ2) is 6.02. The smallest absolute Gasteiger partial charge is 0.127 e. The first-order chi connectivity index (χ1) is 9.41. The molecule has 2 rings (SSSR count). The van der Waals surface area contributed by atoms with Crippen LogP contribution in [-0.2, 0) is 4.74 Å². The molecule has 1 aliphatic heterocycles. The zero-order chi connectivity index (χ0) is 14.8. The van der Waals surface area contributed by atoms with E-state index in [9.17, 15) is 0 Å². The molecular weight excluding hydrogens is 254 g/mol. The summed E-state index contributed by atoms with van der Waals surface area (Å²) in [6.07, 6.45) is 2.25. The van der Waals surface area contributed by atoms with Crippen LogP contribution in [-0.4, -0.2) is 25.4 Å². The van der Waals surface area contributed by atoms with Crippen molar-refractivity contribution in [2.45, 2.75) is 51.4 Å². The fraction of sp³-hybridized carbons (Fsp3) is 0.625. The molecule has 0 aliphatic carbocycles.